The molecule has 13 heavy (non-hydrogen) atoms. The molecule has 1 unspecified atom stereocenters. The normalized spacial score (nSPS) is 21.8. The predicted octanol–water partition coefficient (Wildman–Crippen LogP) is 0.121. The van der Waals surface area contributed by atoms with Gasteiger partial charge in [0.2, 0.25) is 5.91 Å². The maximum atomic E-state index is 11.2. The number of rotatable bonds is 2. The molecule has 4 nitrogen and oxygen atoms in total. The minimum atomic E-state index is -0.277. The molecule has 0 saturated carbocycles. The van der Waals surface area contributed by atoms with Crippen molar-refractivity contribution < 1.29 is 4.79 Å². The third-order valence-corrected chi connectivity index (χ3v) is 2.94. The van der Waals surface area contributed by atoms with E-state index in [4.69, 9.17) is 5.73 Å². The molecule has 1 atom stereocenters. The largest absolute Gasteiger partial charge is 0.332 e. The van der Waals surface area contributed by atoms with Crippen molar-refractivity contribution in [1.29, 1.82) is 0 Å². The Balaban J connectivity index is 1.96. The van der Waals surface area contributed by atoms with Crippen LogP contribution in [0.2, 0.25) is 0 Å². The fourth-order valence-corrected chi connectivity index (χ4v) is 2.11. The minimum absolute atomic E-state index is 0.0350. The second-order valence-electron chi connectivity index (χ2n) is 3.19. The summed E-state index contributed by atoms with van der Waals surface area (Å²) in [6, 6.07) is -0.277. The van der Waals surface area contributed by atoms with Gasteiger partial charge in [-0.3, -0.25) is 4.79 Å². The summed E-state index contributed by atoms with van der Waals surface area (Å²) in [6.45, 7) is 3.29. The number of nitrogens with zero attached hydrogens (tertiary/aromatic N) is 2. The lowest BCUT2D eigenvalue weighted by Crippen LogP contribution is -2.60. The molecule has 0 aromatic carbocycles. The summed E-state index contributed by atoms with van der Waals surface area (Å²) in [4.78, 5) is 18.2. The number of likely N-dealkylation sites (tertiary alicyclic amines) is 1. The van der Waals surface area contributed by atoms with Gasteiger partial charge in [-0.05, 0) is 6.92 Å². The summed E-state index contributed by atoms with van der Waals surface area (Å²) in [7, 11) is 0. The molecule has 0 aliphatic carbocycles. The quantitative estimate of drug-likeness (QED) is 0.685. The molecule has 1 amide bonds. The number of carbonyl (C=O) groups is 1. The van der Waals surface area contributed by atoms with Crippen molar-refractivity contribution >= 4 is 17.2 Å². The van der Waals surface area contributed by atoms with Gasteiger partial charge in [0, 0.05) is 17.6 Å². The highest BCUT2D eigenvalue weighted by atomic mass is 32.1. The van der Waals surface area contributed by atoms with E-state index in [1.807, 2.05) is 13.1 Å². The summed E-state index contributed by atoms with van der Waals surface area (Å²) in [5.41, 5.74) is 5.46. The van der Waals surface area contributed by atoms with Crippen LogP contribution in [-0.4, -0.2) is 28.4 Å². The fourth-order valence-electron chi connectivity index (χ4n) is 1.31. The number of carbonyl (C=O) groups excluding carboxylic acids is 1. The van der Waals surface area contributed by atoms with Gasteiger partial charge in [-0.2, -0.15) is 0 Å². The van der Waals surface area contributed by atoms with Gasteiger partial charge >= 0.3 is 0 Å². The van der Waals surface area contributed by atoms with Crippen molar-refractivity contribution in [3.8, 4) is 0 Å². The molecule has 2 rings (SSSR count). The maximum absolute atomic E-state index is 11.2. The molecule has 1 aliphatic rings. The van der Waals surface area contributed by atoms with E-state index >= 15 is 0 Å². The van der Waals surface area contributed by atoms with Crippen molar-refractivity contribution in [1.82, 2.24) is 9.88 Å². The Morgan fingerprint density at radius 1 is 1.85 bits per heavy atom. The van der Waals surface area contributed by atoms with Crippen LogP contribution in [0.5, 0.6) is 0 Å². The Labute approximate surface area is 80.4 Å². The molecule has 5 heteroatoms. The van der Waals surface area contributed by atoms with Crippen LogP contribution in [0.15, 0.2) is 6.20 Å². The van der Waals surface area contributed by atoms with Crippen molar-refractivity contribution in [2.45, 2.75) is 19.5 Å². The Kier molecular flexibility index (Phi) is 2.05. The zero-order chi connectivity index (χ0) is 9.42. The Bertz CT molecular complexity index is 336. The van der Waals surface area contributed by atoms with Crippen molar-refractivity contribution in [3.05, 3.63) is 16.1 Å². The fraction of sp³-hybridized carbons (Fsp3) is 0.500. The van der Waals surface area contributed by atoms with Gasteiger partial charge in [-0.15, -0.1) is 11.3 Å². The molecule has 1 aromatic rings. The smallest absolute Gasteiger partial charge is 0.241 e. The molecular weight excluding hydrogens is 186 g/mol. The summed E-state index contributed by atoms with van der Waals surface area (Å²) in [6.07, 6.45) is 1.82. The van der Waals surface area contributed by atoms with Gasteiger partial charge in [0.25, 0.3) is 0 Å². The van der Waals surface area contributed by atoms with E-state index in [1.165, 1.54) is 4.88 Å². The summed E-state index contributed by atoms with van der Waals surface area (Å²) in [5, 5.41) is 0.984. The van der Waals surface area contributed by atoms with E-state index in [9.17, 15) is 4.79 Å². The Morgan fingerprint density at radius 2 is 2.62 bits per heavy atom. The number of β-lactam (4-membered cyclic amide) rings is 1. The Hall–Kier alpha value is -0.940. The second kappa shape index (κ2) is 3.08. The number of aryl methyl sites for hydroxylation is 1. The van der Waals surface area contributed by atoms with Crippen molar-refractivity contribution in [3.63, 3.8) is 0 Å². The number of thiazole rings is 1. The van der Waals surface area contributed by atoms with Gasteiger partial charge in [-0.25, -0.2) is 4.98 Å². The highest BCUT2D eigenvalue weighted by Crippen LogP contribution is 2.17. The third-order valence-electron chi connectivity index (χ3n) is 2.04. The van der Waals surface area contributed by atoms with E-state index in [0.717, 1.165) is 5.01 Å². The number of amides is 1. The van der Waals surface area contributed by atoms with Gasteiger partial charge in [-0.1, -0.05) is 0 Å². The molecule has 1 saturated heterocycles. The molecule has 1 fully saturated rings. The first-order chi connectivity index (χ1) is 6.16. The standard InChI is InChI=1S/C8H11N3OS/c1-5-2-10-7(13-5)4-11-3-6(9)8(11)12/h2,6H,3-4,9H2,1H3. The first-order valence-corrected chi connectivity index (χ1v) is 4.94. The lowest BCUT2D eigenvalue weighted by atomic mass is 10.1. The zero-order valence-electron chi connectivity index (χ0n) is 7.36. The van der Waals surface area contributed by atoms with Crippen LogP contribution >= 0.6 is 11.3 Å². The molecular formula is C8H11N3OS. The Morgan fingerprint density at radius 3 is 3.08 bits per heavy atom. The average molecular weight is 197 g/mol. The van der Waals surface area contributed by atoms with Crippen LogP contribution in [-0.2, 0) is 11.3 Å². The molecule has 1 aliphatic heterocycles. The van der Waals surface area contributed by atoms with Gasteiger partial charge in [0.1, 0.15) is 11.0 Å². The van der Waals surface area contributed by atoms with Crippen LogP contribution in [0.25, 0.3) is 0 Å². The van der Waals surface area contributed by atoms with E-state index < -0.39 is 0 Å². The number of hydrogen-bond donors (Lipinski definition) is 1. The van der Waals surface area contributed by atoms with Gasteiger partial charge < -0.3 is 10.6 Å². The summed E-state index contributed by atoms with van der Waals surface area (Å²) in [5.74, 6) is 0.0350. The number of hydrogen-bond acceptors (Lipinski definition) is 4. The molecule has 70 valence electrons. The molecule has 0 radical (unpaired) electrons. The molecule has 1 aromatic heterocycles. The maximum Gasteiger partial charge on any atom is 0.241 e. The monoisotopic (exact) mass is 197 g/mol. The molecule has 0 bridgehead atoms. The van der Waals surface area contributed by atoms with Gasteiger partial charge in [0.15, 0.2) is 0 Å². The number of nitrogens with two attached hydrogens (primary N) is 1. The molecule has 0 spiro atoms. The van der Waals surface area contributed by atoms with E-state index in [2.05, 4.69) is 4.98 Å². The predicted molar refractivity (Wildman–Crippen MR) is 50.2 cm³/mol. The third kappa shape index (κ3) is 1.57. The van der Waals surface area contributed by atoms with Crippen LogP contribution in [0, 0.1) is 6.92 Å². The lowest BCUT2D eigenvalue weighted by molar-refractivity contribution is -0.143. The van der Waals surface area contributed by atoms with Crippen LogP contribution in [0.3, 0.4) is 0 Å². The first-order valence-electron chi connectivity index (χ1n) is 4.12. The zero-order valence-corrected chi connectivity index (χ0v) is 8.17. The highest BCUT2D eigenvalue weighted by Gasteiger charge is 2.33. The minimum Gasteiger partial charge on any atom is -0.332 e. The summed E-state index contributed by atoms with van der Waals surface area (Å²) >= 11 is 1.62. The molecule has 2 N–H and O–H groups in total. The van der Waals surface area contributed by atoms with Crippen LogP contribution in [0.1, 0.15) is 9.88 Å². The van der Waals surface area contributed by atoms with E-state index in [0.29, 0.717) is 13.1 Å². The number of aromatic nitrogens is 1. The van der Waals surface area contributed by atoms with Crippen LogP contribution < -0.4 is 5.73 Å². The highest BCUT2D eigenvalue weighted by molar-refractivity contribution is 7.11. The van der Waals surface area contributed by atoms with E-state index in [1.54, 1.807) is 16.2 Å². The van der Waals surface area contributed by atoms with Crippen LogP contribution in [0.4, 0.5) is 0 Å². The second-order valence-corrected chi connectivity index (χ2v) is 4.51. The summed E-state index contributed by atoms with van der Waals surface area (Å²) < 4.78 is 0. The molecule has 2 heterocycles. The topological polar surface area (TPSA) is 59.2 Å². The average Bonchev–Trinajstić information content (AvgIpc) is 2.50. The first kappa shape index (κ1) is 8.65. The SMILES string of the molecule is Cc1cnc(CN2CC(N)C2=O)s1. The van der Waals surface area contributed by atoms with Crippen molar-refractivity contribution in [2.75, 3.05) is 6.54 Å². The lowest BCUT2D eigenvalue weighted by Gasteiger charge is -2.35. The van der Waals surface area contributed by atoms with Crippen molar-refractivity contribution in [2.24, 2.45) is 5.73 Å². The van der Waals surface area contributed by atoms with Gasteiger partial charge in [0.05, 0.1) is 6.54 Å². The van der Waals surface area contributed by atoms with E-state index in [-0.39, 0.29) is 11.9 Å².